The summed E-state index contributed by atoms with van der Waals surface area (Å²) >= 11 is 1.79. The van der Waals surface area contributed by atoms with E-state index in [1.165, 1.54) is 5.56 Å². The lowest BCUT2D eigenvalue weighted by atomic mass is 9.98. The molecule has 2 aromatic carbocycles. The van der Waals surface area contributed by atoms with Gasteiger partial charge in [-0.1, -0.05) is 55.0 Å². The van der Waals surface area contributed by atoms with Gasteiger partial charge in [0.2, 0.25) is 0 Å². The smallest absolute Gasteiger partial charge is 0.321 e. The number of urea groups is 1. The molecule has 0 atom stereocenters. The van der Waals surface area contributed by atoms with Crippen molar-refractivity contribution in [1.82, 2.24) is 4.90 Å². The fourth-order valence-corrected chi connectivity index (χ4v) is 4.67. The van der Waals surface area contributed by atoms with Crippen LogP contribution in [0.3, 0.4) is 0 Å². The first-order valence-corrected chi connectivity index (χ1v) is 11.6. The normalized spacial score (nSPS) is 17.6. The van der Waals surface area contributed by atoms with Crippen LogP contribution in [0.15, 0.2) is 64.6 Å². The number of piperidine rings is 1. The van der Waals surface area contributed by atoms with E-state index in [9.17, 15) is 4.79 Å². The molecule has 1 N–H and O–H groups in total. The zero-order valence-electron chi connectivity index (χ0n) is 17.6. The van der Waals surface area contributed by atoms with Crippen molar-refractivity contribution in [2.45, 2.75) is 38.8 Å². The number of nitrogens with one attached hydrogen (secondary N) is 1. The van der Waals surface area contributed by atoms with Gasteiger partial charge in [-0.2, -0.15) is 0 Å². The Labute approximate surface area is 182 Å². The molecular weight excluding hydrogens is 392 g/mol. The van der Waals surface area contributed by atoms with Crippen LogP contribution in [-0.4, -0.2) is 46.2 Å². The van der Waals surface area contributed by atoms with Crippen LogP contribution in [0, 0.1) is 6.92 Å². The van der Waals surface area contributed by atoms with Gasteiger partial charge in [0.15, 0.2) is 5.66 Å². The second-order valence-electron chi connectivity index (χ2n) is 7.86. The van der Waals surface area contributed by atoms with Crippen LogP contribution in [0.1, 0.15) is 37.3 Å². The summed E-state index contributed by atoms with van der Waals surface area (Å²) in [5.41, 5.74) is 3.77. The molecule has 1 spiro atoms. The lowest BCUT2D eigenvalue weighted by molar-refractivity contribution is 0.175. The molecule has 6 heteroatoms. The molecule has 156 valence electrons. The summed E-state index contributed by atoms with van der Waals surface area (Å²) in [4.78, 5) is 24.7. The summed E-state index contributed by atoms with van der Waals surface area (Å²) in [6.45, 7) is 5.58. The standard InChI is InChI=1S/C24H28N4OS/c1-3-17-30-22-21(19-11-9-18(2)10-12-19)26-24(27-22)13-15-28(16-14-24)23(29)25-20-7-5-4-6-8-20/h4-12H,3,13-17H2,1-2H3,(H,25,29). The molecule has 5 nitrogen and oxygen atoms in total. The largest absolute Gasteiger partial charge is 0.324 e. The summed E-state index contributed by atoms with van der Waals surface area (Å²) in [6.07, 6.45) is 2.60. The minimum atomic E-state index is -0.431. The van der Waals surface area contributed by atoms with Crippen LogP contribution in [0.4, 0.5) is 10.5 Å². The van der Waals surface area contributed by atoms with E-state index in [0.29, 0.717) is 13.1 Å². The third-order valence-corrected chi connectivity index (χ3v) is 6.65. The number of benzene rings is 2. The Morgan fingerprint density at radius 3 is 2.43 bits per heavy atom. The molecule has 2 aliphatic heterocycles. The van der Waals surface area contributed by atoms with Crippen LogP contribution in [0.5, 0.6) is 0 Å². The van der Waals surface area contributed by atoms with Crippen molar-refractivity contribution >= 4 is 34.2 Å². The van der Waals surface area contributed by atoms with Gasteiger partial charge in [0.1, 0.15) is 5.04 Å². The highest BCUT2D eigenvalue weighted by atomic mass is 32.2. The third-order valence-electron chi connectivity index (χ3n) is 5.48. The summed E-state index contributed by atoms with van der Waals surface area (Å²) in [5.74, 6) is 1.03. The number of nitrogens with zero attached hydrogens (tertiary/aromatic N) is 3. The summed E-state index contributed by atoms with van der Waals surface area (Å²) in [7, 11) is 0. The molecule has 1 fully saturated rings. The molecule has 2 heterocycles. The van der Waals surface area contributed by atoms with E-state index in [-0.39, 0.29) is 6.03 Å². The lowest BCUT2D eigenvalue weighted by Gasteiger charge is -2.35. The van der Waals surface area contributed by atoms with Crippen molar-refractivity contribution in [1.29, 1.82) is 0 Å². The monoisotopic (exact) mass is 420 g/mol. The Kier molecular flexibility index (Phi) is 6.23. The van der Waals surface area contributed by atoms with Crippen LogP contribution >= 0.6 is 11.8 Å². The average Bonchev–Trinajstić information content (AvgIpc) is 3.12. The molecular formula is C24H28N4OS. The Morgan fingerprint density at radius 1 is 1.07 bits per heavy atom. The zero-order chi connectivity index (χ0) is 21.0. The fourth-order valence-electron chi connectivity index (χ4n) is 3.74. The predicted octanol–water partition coefficient (Wildman–Crippen LogP) is 5.36. The molecule has 2 amide bonds. The number of aryl methyl sites for hydroxylation is 1. The second-order valence-corrected chi connectivity index (χ2v) is 8.94. The van der Waals surface area contributed by atoms with Gasteiger partial charge in [-0.05, 0) is 31.2 Å². The van der Waals surface area contributed by atoms with Crippen molar-refractivity contribution < 1.29 is 4.79 Å². The number of hydrogen-bond acceptors (Lipinski definition) is 4. The molecule has 0 bridgehead atoms. The number of aliphatic imine (C=N–C) groups is 2. The van der Waals surface area contributed by atoms with Gasteiger partial charge in [-0.25, -0.2) is 9.79 Å². The first-order valence-electron chi connectivity index (χ1n) is 10.6. The molecule has 2 aliphatic rings. The summed E-state index contributed by atoms with van der Waals surface area (Å²) in [6, 6.07) is 18.1. The molecule has 0 saturated carbocycles. The van der Waals surface area contributed by atoms with Crippen LogP contribution < -0.4 is 5.32 Å². The second kappa shape index (κ2) is 9.04. The SMILES string of the molecule is CCCSC1=NC2(CCN(C(=O)Nc3ccccc3)CC2)N=C1c1ccc(C)cc1. The minimum Gasteiger partial charge on any atom is -0.324 e. The van der Waals surface area contributed by atoms with Gasteiger partial charge in [0.05, 0.1) is 5.71 Å². The van der Waals surface area contributed by atoms with Crippen molar-refractivity contribution in [3.8, 4) is 0 Å². The molecule has 0 aliphatic carbocycles. The van der Waals surface area contributed by atoms with Gasteiger partial charge in [0.25, 0.3) is 0 Å². The first kappa shape index (κ1) is 20.7. The van der Waals surface area contributed by atoms with Gasteiger partial charge in [0, 0.05) is 37.2 Å². The molecule has 0 aromatic heterocycles. The molecule has 30 heavy (non-hydrogen) atoms. The van der Waals surface area contributed by atoms with E-state index in [1.807, 2.05) is 35.2 Å². The molecule has 4 rings (SSSR count). The zero-order valence-corrected chi connectivity index (χ0v) is 18.4. The first-order chi connectivity index (χ1) is 14.6. The van der Waals surface area contributed by atoms with Gasteiger partial charge < -0.3 is 10.2 Å². The van der Waals surface area contributed by atoms with E-state index in [4.69, 9.17) is 9.98 Å². The van der Waals surface area contributed by atoms with Crippen LogP contribution in [0.2, 0.25) is 0 Å². The highest BCUT2D eigenvalue weighted by Gasteiger charge is 2.40. The summed E-state index contributed by atoms with van der Waals surface area (Å²) in [5, 5.41) is 4.02. The number of carbonyl (C=O) groups excluding carboxylic acids is 1. The van der Waals surface area contributed by atoms with Crippen LogP contribution in [0.25, 0.3) is 0 Å². The Hall–Kier alpha value is -2.60. The molecule has 0 radical (unpaired) electrons. The Bertz CT molecular complexity index is 945. The number of hydrogen-bond donors (Lipinski definition) is 1. The number of carbonyl (C=O) groups is 1. The Morgan fingerprint density at radius 2 is 1.77 bits per heavy atom. The van der Waals surface area contributed by atoms with E-state index in [0.717, 1.165) is 47.0 Å². The van der Waals surface area contributed by atoms with Crippen molar-refractivity contribution in [3.05, 3.63) is 65.7 Å². The van der Waals surface area contributed by atoms with Crippen LogP contribution in [-0.2, 0) is 0 Å². The van der Waals surface area contributed by atoms with Gasteiger partial charge >= 0.3 is 6.03 Å². The Balaban J connectivity index is 1.48. The molecule has 2 aromatic rings. The highest BCUT2D eigenvalue weighted by molar-refractivity contribution is 8.15. The van der Waals surface area contributed by atoms with Crippen molar-refractivity contribution in [2.24, 2.45) is 9.98 Å². The van der Waals surface area contributed by atoms with E-state index in [1.54, 1.807) is 11.8 Å². The lowest BCUT2D eigenvalue weighted by Crippen LogP contribution is -2.46. The van der Waals surface area contributed by atoms with E-state index in [2.05, 4.69) is 43.4 Å². The van der Waals surface area contributed by atoms with E-state index >= 15 is 0 Å². The third kappa shape index (κ3) is 4.59. The topological polar surface area (TPSA) is 57.1 Å². The average molecular weight is 421 g/mol. The minimum absolute atomic E-state index is 0.0543. The van der Waals surface area contributed by atoms with Gasteiger partial charge in [-0.3, -0.25) is 4.99 Å². The number of rotatable bonds is 4. The number of para-hydroxylation sites is 1. The predicted molar refractivity (Wildman–Crippen MR) is 127 cm³/mol. The van der Waals surface area contributed by atoms with Crippen molar-refractivity contribution in [3.63, 3.8) is 0 Å². The maximum atomic E-state index is 12.6. The quantitative estimate of drug-likeness (QED) is 0.723. The summed E-state index contributed by atoms with van der Waals surface area (Å²) < 4.78 is 0. The number of amides is 2. The van der Waals surface area contributed by atoms with Gasteiger partial charge in [-0.15, -0.1) is 11.8 Å². The highest BCUT2D eigenvalue weighted by Crippen LogP contribution is 2.36. The fraction of sp³-hybridized carbons (Fsp3) is 0.375. The number of likely N-dealkylation sites (tertiary alicyclic amines) is 1. The van der Waals surface area contributed by atoms with E-state index < -0.39 is 5.66 Å². The molecule has 1 saturated heterocycles. The maximum Gasteiger partial charge on any atom is 0.321 e. The van der Waals surface area contributed by atoms with Crippen molar-refractivity contribution in [2.75, 3.05) is 24.2 Å². The number of thioether (sulfide) groups is 1. The number of anilines is 1. The molecule has 0 unspecified atom stereocenters. The maximum absolute atomic E-state index is 12.6.